The van der Waals surface area contributed by atoms with E-state index in [0.29, 0.717) is 0 Å². The van der Waals surface area contributed by atoms with Crippen molar-refractivity contribution in [2.24, 2.45) is 0 Å². The molecule has 1 aromatic heterocycles. The molecule has 6 aromatic rings. The maximum Gasteiger partial charge on any atom is 0.239 e. The number of thioether (sulfide) groups is 1. The van der Waals surface area contributed by atoms with E-state index in [1.807, 2.05) is 23.1 Å². The van der Waals surface area contributed by atoms with Crippen molar-refractivity contribution in [3.8, 4) is 20.9 Å². The van der Waals surface area contributed by atoms with Crippen LogP contribution < -0.4 is 0 Å². The van der Waals surface area contributed by atoms with Gasteiger partial charge in [0.25, 0.3) is 0 Å². The number of aryl methyl sites for hydroxylation is 1. The standard InChI is InChI=1S/C51H41S2/c1-37-17-14-15-28-46(37)51-44(31-29-38-33-47(40-18-6-2-7-19-40)52-48(34-38)41-20-8-3-9-21-41)26-16-27-45(51)32-30-39-35-49(42-22-10-4-11-23-42)53-50(36-39)43-24-12-5-13-25-43/h2-15,17-25,28-36H,16,26-27H2,1H3/q+1. The number of rotatable bonds is 8. The number of benzene rings is 5. The van der Waals surface area contributed by atoms with Gasteiger partial charge in [-0.15, -0.1) is 0 Å². The molecule has 2 aliphatic rings. The van der Waals surface area contributed by atoms with E-state index in [2.05, 4.69) is 201 Å². The predicted octanol–water partition coefficient (Wildman–Crippen LogP) is 15.0. The van der Waals surface area contributed by atoms with Crippen LogP contribution in [-0.2, 0) is 0 Å². The summed E-state index contributed by atoms with van der Waals surface area (Å²) >= 11 is 3.70. The Hall–Kier alpha value is -5.54. The van der Waals surface area contributed by atoms with Gasteiger partial charge in [0.15, 0.2) is 0 Å². The predicted molar refractivity (Wildman–Crippen MR) is 233 cm³/mol. The summed E-state index contributed by atoms with van der Waals surface area (Å²) in [6.07, 6.45) is 17.4. The minimum absolute atomic E-state index is 1.05. The molecule has 8 rings (SSSR count). The van der Waals surface area contributed by atoms with Crippen LogP contribution in [0.25, 0.3) is 42.3 Å². The van der Waals surface area contributed by atoms with Gasteiger partial charge < -0.3 is 0 Å². The maximum absolute atomic E-state index is 2.39. The summed E-state index contributed by atoms with van der Waals surface area (Å²) in [7, 11) is 0. The summed E-state index contributed by atoms with van der Waals surface area (Å²) in [6.45, 7) is 2.24. The Morgan fingerprint density at radius 3 is 1.58 bits per heavy atom. The first-order valence-electron chi connectivity index (χ1n) is 18.4. The summed E-state index contributed by atoms with van der Waals surface area (Å²) in [5, 5.41) is 0. The van der Waals surface area contributed by atoms with Gasteiger partial charge >= 0.3 is 0 Å². The Morgan fingerprint density at radius 2 is 1.04 bits per heavy atom. The summed E-state index contributed by atoms with van der Waals surface area (Å²) in [5.41, 5.74) is 14.2. The van der Waals surface area contributed by atoms with Gasteiger partial charge in [0.1, 0.15) is 0 Å². The van der Waals surface area contributed by atoms with Gasteiger partial charge in [-0.2, -0.15) is 0 Å². The molecule has 0 fully saturated rings. The van der Waals surface area contributed by atoms with E-state index < -0.39 is 0 Å². The Bertz CT molecular complexity index is 2290. The van der Waals surface area contributed by atoms with E-state index in [1.54, 1.807) is 0 Å². The van der Waals surface area contributed by atoms with Gasteiger partial charge in [-0.25, -0.2) is 0 Å². The van der Waals surface area contributed by atoms with Crippen molar-refractivity contribution in [3.05, 3.63) is 233 Å². The molecule has 256 valence electrons. The summed E-state index contributed by atoms with van der Waals surface area (Å²) in [5.74, 6) is 0. The van der Waals surface area contributed by atoms with Gasteiger partial charge in [-0.05, 0) is 113 Å². The molecule has 0 bridgehead atoms. The molecule has 0 radical (unpaired) electrons. The summed E-state index contributed by atoms with van der Waals surface area (Å²) < 4.78 is 0. The third-order valence-electron chi connectivity index (χ3n) is 9.77. The molecule has 2 heterocycles. The quantitative estimate of drug-likeness (QED) is 0.141. The molecule has 0 N–H and O–H groups in total. The summed E-state index contributed by atoms with van der Waals surface area (Å²) in [4.78, 5) is 5.08. The molecule has 0 spiro atoms. The monoisotopic (exact) mass is 717 g/mol. The van der Waals surface area contributed by atoms with Crippen LogP contribution in [-0.4, -0.2) is 0 Å². The summed E-state index contributed by atoms with van der Waals surface area (Å²) in [6, 6.07) is 56.6. The van der Waals surface area contributed by atoms with Crippen molar-refractivity contribution in [3.63, 3.8) is 0 Å². The fourth-order valence-corrected chi connectivity index (χ4v) is 9.34. The van der Waals surface area contributed by atoms with Crippen LogP contribution in [0.4, 0.5) is 0 Å². The van der Waals surface area contributed by atoms with Crippen LogP contribution >= 0.6 is 23.1 Å². The van der Waals surface area contributed by atoms with Gasteiger partial charge in [0, 0.05) is 33.1 Å². The molecule has 0 atom stereocenters. The lowest BCUT2D eigenvalue weighted by Crippen LogP contribution is -2.03. The van der Waals surface area contributed by atoms with Crippen molar-refractivity contribution in [1.29, 1.82) is 0 Å². The zero-order valence-electron chi connectivity index (χ0n) is 29.9. The van der Waals surface area contributed by atoms with Gasteiger partial charge in [-0.3, -0.25) is 0 Å². The minimum atomic E-state index is 1.05. The minimum Gasteiger partial charge on any atom is -0.0888 e. The van der Waals surface area contributed by atoms with E-state index in [4.69, 9.17) is 0 Å². The fourth-order valence-electron chi connectivity index (χ4n) is 7.07. The van der Waals surface area contributed by atoms with E-state index in [9.17, 15) is 0 Å². The largest absolute Gasteiger partial charge is 0.239 e. The van der Waals surface area contributed by atoms with Crippen molar-refractivity contribution in [2.75, 3.05) is 0 Å². The Kier molecular flexibility index (Phi) is 10.7. The number of hydrogen-bond donors (Lipinski definition) is 0. The van der Waals surface area contributed by atoms with Gasteiger partial charge in [-0.1, -0.05) is 157 Å². The molecule has 1 aliphatic carbocycles. The van der Waals surface area contributed by atoms with Crippen LogP contribution in [0.15, 0.2) is 205 Å². The molecule has 0 amide bonds. The second-order valence-electron chi connectivity index (χ2n) is 13.5. The highest BCUT2D eigenvalue weighted by Gasteiger charge is 2.21. The average molecular weight is 718 g/mol. The molecule has 0 nitrogen and oxygen atoms in total. The second kappa shape index (κ2) is 16.4. The average Bonchev–Trinajstić information content (AvgIpc) is 3.23. The zero-order chi connectivity index (χ0) is 35.8. The third-order valence-corrected chi connectivity index (χ3v) is 12.1. The lowest BCUT2D eigenvalue weighted by molar-refractivity contribution is 0.805. The Labute approximate surface area is 322 Å². The lowest BCUT2D eigenvalue weighted by atomic mass is 9.81. The van der Waals surface area contributed by atoms with Crippen LogP contribution in [0.1, 0.15) is 47.1 Å². The van der Waals surface area contributed by atoms with Gasteiger partial charge in [0.2, 0.25) is 21.1 Å². The smallest absolute Gasteiger partial charge is 0.0888 e. The molecule has 0 saturated heterocycles. The molecule has 2 heteroatoms. The molecule has 5 aromatic carbocycles. The Balaban J connectivity index is 1.22. The number of hydrogen-bond acceptors (Lipinski definition) is 1. The topological polar surface area (TPSA) is 0 Å². The first-order chi connectivity index (χ1) is 26.2. The van der Waals surface area contributed by atoms with Crippen molar-refractivity contribution in [1.82, 2.24) is 0 Å². The normalized spacial score (nSPS) is 15.4. The van der Waals surface area contributed by atoms with E-state index in [1.165, 1.54) is 80.8 Å². The van der Waals surface area contributed by atoms with Crippen LogP contribution in [0.3, 0.4) is 0 Å². The molecule has 1 aliphatic heterocycles. The zero-order valence-corrected chi connectivity index (χ0v) is 31.5. The first kappa shape index (κ1) is 34.5. The fraction of sp³-hybridized carbons (Fsp3) is 0.0784. The SMILES string of the molecule is Cc1ccccc1C1=C(C=Cc2cc(-c3ccccc3)[s+]c(-c3ccccc3)c2)CCCC1=CC=C1C=C(c2ccccc2)SC(c2ccccc2)=C1. The van der Waals surface area contributed by atoms with Crippen molar-refractivity contribution < 1.29 is 0 Å². The Morgan fingerprint density at radius 1 is 0.528 bits per heavy atom. The van der Waals surface area contributed by atoms with Gasteiger partial charge in [0.05, 0.1) is 0 Å². The molecule has 53 heavy (non-hydrogen) atoms. The first-order valence-corrected chi connectivity index (χ1v) is 20.0. The molecule has 0 unspecified atom stereocenters. The molecular formula is C51H41S2+. The third kappa shape index (κ3) is 8.26. The molecule has 0 saturated carbocycles. The highest BCUT2D eigenvalue weighted by molar-refractivity contribution is 8.16. The van der Waals surface area contributed by atoms with E-state index in [0.717, 1.165) is 19.3 Å². The van der Waals surface area contributed by atoms with E-state index in [-0.39, 0.29) is 0 Å². The highest BCUT2D eigenvalue weighted by atomic mass is 32.2. The second-order valence-corrected chi connectivity index (χ2v) is 15.6. The molecular weight excluding hydrogens is 677 g/mol. The van der Waals surface area contributed by atoms with Crippen molar-refractivity contribution in [2.45, 2.75) is 26.2 Å². The van der Waals surface area contributed by atoms with Crippen LogP contribution in [0.2, 0.25) is 0 Å². The lowest BCUT2D eigenvalue weighted by Gasteiger charge is -2.23. The van der Waals surface area contributed by atoms with E-state index >= 15 is 0 Å². The number of allylic oxidation sites excluding steroid dienone is 9. The maximum atomic E-state index is 2.39. The highest BCUT2D eigenvalue weighted by Crippen LogP contribution is 2.45. The van der Waals surface area contributed by atoms with Crippen LogP contribution in [0.5, 0.6) is 0 Å². The van der Waals surface area contributed by atoms with Crippen LogP contribution in [0, 0.1) is 6.92 Å². The van der Waals surface area contributed by atoms with Crippen molar-refractivity contribution >= 4 is 44.6 Å².